The SMILES string of the molecule is COc1nc(NC(=O)NS(=O)(=O)c2ccccc2Cl)nc(C(Cl)(Cl)Cl)n1. The van der Waals surface area contributed by atoms with Crippen LogP contribution in [0.25, 0.3) is 0 Å². The fourth-order valence-electron chi connectivity index (χ4n) is 1.60. The number of alkyl halides is 3. The highest BCUT2D eigenvalue weighted by molar-refractivity contribution is 7.90. The van der Waals surface area contributed by atoms with Crippen LogP contribution in [0, 0.1) is 0 Å². The number of carbonyl (C=O) groups excluding carboxylic acids is 1. The van der Waals surface area contributed by atoms with Crippen LogP contribution in [-0.4, -0.2) is 36.5 Å². The van der Waals surface area contributed by atoms with Gasteiger partial charge in [0.25, 0.3) is 10.0 Å². The number of benzene rings is 1. The molecule has 9 nitrogen and oxygen atoms in total. The summed E-state index contributed by atoms with van der Waals surface area (Å²) in [6.45, 7) is 0. The summed E-state index contributed by atoms with van der Waals surface area (Å²) in [5.41, 5.74) is 0. The van der Waals surface area contributed by atoms with Gasteiger partial charge >= 0.3 is 12.0 Å². The maximum absolute atomic E-state index is 12.2. The maximum Gasteiger partial charge on any atom is 0.335 e. The van der Waals surface area contributed by atoms with Gasteiger partial charge in [-0.1, -0.05) is 58.5 Å². The van der Waals surface area contributed by atoms with E-state index in [1.807, 2.05) is 0 Å². The Bertz CT molecular complexity index is 935. The fraction of sp³-hybridized carbons (Fsp3) is 0.167. The molecule has 0 atom stereocenters. The number of ether oxygens (including phenoxy) is 1. The van der Waals surface area contributed by atoms with Gasteiger partial charge in [0.05, 0.1) is 12.1 Å². The Morgan fingerprint density at radius 1 is 1.15 bits per heavy atom. The number of sulfonamides is 1. The smallest absolute Gasteiger partial charge is 0.335 e. The number of methoxy groups -OCH3 is 1. The molecule has 14 heteroatoms. The first-order valence-corrected chi connectivity index (χ1v) is 9.48. The number of nitrogens with one attached hydrogen (secondary N) is 2. The minimum Gasteiger partial charge on any atom is -0.467 e. The second-order valence-electron chi connectivity index (χ2n) is 4.46. The Morgan fingerprint density at radius 2 is 1.81 bits per heavy atom. The number of nitrogens with zero attached hydrogens (tertiary/aromatic N) is 3. The van der Waals surface area contributed by atoms with Gasteiger partial charge in [-0.3, -0.25) is 5.32 Å². The molecule has 0 aliphatic heterocycles. The van der Waals surface area contributed by atoms with Crippen molar-refractivity contribution in [1.29, 1.82) is 0 Å². The maximum atomic E-state index is 12.2. The van der Waals surface area contributed by atoms with E-state index < -0.39 is 25.8 Å². The van der Waals surface area contributed by atoms with Crippen molar-refractivity contribution in [2.45, 2.75) is 8.69 Å². The highest BCUT2D eigenvalue weighted by atomic mass is 35.6. The molecular weight excluding hydrogens is 452 g/mol. The number of hydrogen-bond donors (Lipinski definition) is 2. The van der Waals surface area contributed by atoms with Crippen LogP contribution in [0.15, 0.2) is 29.2 Å². The molecule has 140 valence electrons. The van der Waals surface area contributed by atoms with Gasteiger partial charge in [-0.15, -0.1) is 0 Å². The van der Waals surface area contributed by atoms with Crippen molar-refractivity contribution in [2.24, 2.45) is 0 Å². The van der Waals surface area contributed by atoms with E-state index in [0.29, 0.717) is 0 Å². The first-order chi connectivity index (χ1) is 12.0. The molecule has 1 aromatic carbocycles. The summed E-state index contributed by atoms with van der Waals surface area (Å²) < 4.78 is 29.0. The summed E-state index contributed by atoms with van der Waals surface area (Å²) in [4.78, 5) is 22.9. The summed E-state index contributed by atoms with van der Waals surface area (Å²) in [6, 6.07) is 4.14. The summed E-state index contributed by atoms with van der Waals surface area (Å²) in [7, 11) is -3.00. The largest absolute Gasteiger partial charge is 0.467 e. The molecule has 0 aliphatic carbocycles. The van der Waals surface area contributed by atoms with Crippen molar-refractivity contribution in [3.63, 3.8) is 0 Å². The standard InChI is InChI=1S/C12H9Cl4N5O4S/c1-25-11-18-8(12(14,15)16)17-9(20-11)19-10(22)21-26(23,24)7-5-3-2-4-6(7)13/h2-5H,1H3,(H2,17,18,19,20,21,22). The lowest BCUT2D eigenvalue weighted by Crippen LogP contribution is -2.35. The van der Waals surface area contributed by atoms with Gasteiger partial charge in [-0.25, -0.2) is 17.9 Å². The minimum absolute atomic E-state index is 0.0619. The Balaban J connectivity index is 2.24. The molecule has 26 heavy (non-hydrogen) atoms. The minimum atomic E-state index is -4.24. The lowest BCUT2D eigenvalue weighted by molar-refractivity contribution is 0.256. The molecule has 0 spiro atoms. The third-order valence-corrected chi connectivity index (χ3v) is 4.97. The molecule has 0 unspecified atom stereocenters. The molecule has 2 amide bonds. The van der Waals surface area contributed by atoms with Gasteiger partial charge in [0, 0.05) is 0 Å². The highest BCUT2D eigenvalue weighted by Gasteiger charge is 2.29. The van der Waals surface area contributed by atoms with Gasteiger partial charge in [0.1, 0.15) is 4.90 Å². The van der Waals surface area contributed by atoms with E-state index in [9.17, 15) is 13.2 Å². The molecule has 0 saturated carbocycles. The Labute approximate surface area is 168 Å². The predicted octanol–water partition coefficient (Wildman–Crippen LogP) is 2.87. The van der Waals surface area contributed by atoms with Gasteiger partial charge in [0.15, 0.2) is 5.82 Å². The zero-order valence-corrected chi connectivity index (χ0v) is 16.5. The first kappa shape index (κ1) is 20.7. The predicted molar refractivity (Wildman–Crippen MR) is 96.4 cm³/mol. The monoisotopic (exact) mass is 459 g/mol. The van der Waals surface area contributed by atoms with E-state index in [0.717, 1.165) is 0 Å². The van der Waals surface area contributed by atoms with Gasteiger partial charge in [-0.2, -0.15) is 15.0 Å². The average Bonchev–Trinajstić information content (AvgIpc) is 2.53. The van der Waals surface area contributed by atoms with Crippen LogP contribution in [0.4, 0.5) is 10.7 Å². The third kappa shape index (κ3) is 5.21. The summed E-state index contributed by atoms with van der Waals surface area (Å²) >= 11 is 22.9. The van der Waals surface area contributed by atoms with E-state index in [1.165, 1.54) is 31.4 Å². The van der Waals surface area contributed by atoms with E-state index in [-0.39, 0.29) is 21.8 Å². The van der Waals surface area contributed by atoms with Crippen molar-refractivity contribution < 1.29 is 17.9 Å². The topological polar surface area (TPSA) is 123 Å². The highest BCUT2D eigenvalue weighted by Crippen LogP contribution is 2.36. The number of urea groups is 1. The van der Waals surface area contributed by atoms with Crippen molar-refractivity contribution in [3.05, 3.63) is 35.1 Å². The molecule has 2 N–H and O–H groups in total. The molecule has 2 rings (SSSR count). The molecule has 2 aromatic rings. The Hall–Kier alpha value is -1.59. The first-order valence-electron chi connectivity index (χ1n) is 6.48. The third-order valence-electron chi connectivity index (χ3n) is 2.63. The molecule has 0 bridgehead atoms. The quantitative estimate of drug-likeness (QED) is 0.672. The van der Waals surface area contributed by atoms with Crippen LogP contribution in [0.1, 0.15) is 5.82 Å². The second-order valence-corrected chi connectivity index (χ2v) is 8.80. The molecule has 0 radical (unpaired) electrons. The molecule has 1 aromatic heterocycles. The van der Waals surface area contributed by atoms with Crippen LogP contribution in [0.5, 0.6) is 6.01 Å². The van der Waals surface area contributed by atoms with Crippen molar-refractivity contribution >= 4 is 68.4 Å². The Morgan fingerprint density at radius 3 is 2.38 bits per heavy atom. The van der Waals surface area contributed by atoms with Gasteiger partial charge in [0.2, 0.25) is 9.74 Å². The number of carbonyl (C=O) groups is 1. The van der Waals surface area contributed by atoms with E-state index >= 15 is 0 Å². The van der Waals surface area contributed by atoms with Crippen molar-refractivity contribution in [1.82, 2.24) is 19.7 Å². The zero-order chi connectivity index (χ0) is 19.5. The number of hydrogen-bond acceptors (Lipinski definition) is 7. The fourth-order valence-corrected chi connectivity index (χ4v) is 3.28. The molecule has 0 aliphatic rings. The molecule has 1 heterocycles. The van der Waals surface area contributed by atoms with Crippen molar-refractivity contribution in [3.8, 4) is 6.01 Å². The molecule has 0 fully saturated rings. The Kier molecular flexibility index (Phi) is 6.35. The van der Waals surface area contributed by atoms with Crippen LogP contribution < -0.4 is 14.8 Å². The normalized spacial score (nSPS) is 11.7. The van der Waals surface area contributed by atoms with Gasteiger partial charge in [-0.05, 0) is 12.1 Å². The summed E-state index contributed by atoms with van der Waals surface area (Å²) in [5, 5.41) is 2.02. The number of amides is 2. The zero-order valence-electron chi connectivity index (χ0n) is 12.7. The van der Waals surface area contributed by atoms with Crippen LogP contribution in [0.3, 0.4) is 0 Å². The van der Waals surface area contributed by atoms with Crippen LogP contribution >= 0.6 is 46.4 Å². The number of rotatable bonds is 4. The van der Waals surface area contributed by atoms with E-state index in [1.54, 1.807) is 4.72 Å². The summed E-state index contributed by atoms with van der Waals surface area (Å²) in [5.74, 6) is -0.733. The number of anilines is 1. The van der Waals surface area contributed by atoms with Gasteiger partial charge < -0.3 is 4.74 Å². The second kappa shape index (κ2) is 7.97. The number of aromatic nitrogens is 3. The molecule has 0 saturated heterocycles. The van der Waals surface area contributed by atoms with E-state index in [2.05, 4.69) is 20.3 Å². The van der Waals surface area contributed by atoms with E-state index in [4.69, 9.17) is 51.1 Å². The van der Waals surface area contributed by atoms with Crippen molar-refractivity contribution in [2.75, 3.05) is 12.4 Å². The number of halogens is 4. The lowest BCUT2D eigenvalue weighted by atomic mass is 10.4. The summed E-state index contributed by atoms with van der Waals surface area (Å²) in [6.07, 6.45) is 0. The average molecular weight is 461 g/mol. The molecular formula is C12H9Cl4N5O4S. The van der Waals surface area contributed by atoms with Crippen LogP contribution in [-0.2, 0) is 13.8 Å². The van der Waals surface area contributed by atoms with Crippen LogP contribution in [0.2, 0.25) is 5.02 Å². The lowest BCUT2D eigenvalue weighted by Gasteiger charge is -2.12.